The lowest BCUT2D eigenvalue weighted by molar-refractivity contribution is -0.121. The van der Waals surface area contributed by atoms with Crippen molar-refractivity contribution in [3.8, 4) is 11.3 Å². The summed E-state index contributed by atoms with van der Waals surface area (Å²) < 4.78 is 5.90. The molecule has 1 aliphatic heterocycles. The summed E-state index contributed by atoms with van der Waals surface area (Å²) in [6, 6.07) is 15.5. The highest BCUT2D eigenvalue weighted by Gasteiger charge is 2.30. The Morgan fingerprint density at radius 1 is 1.16 bits per heavy atom. The lowest BCUT2D eigenvalue weighted by Crippen LogP contribution is -2.23. The Morgan fingerprint density at radius 2 is 1.90 bits per heavy atom. The number of carbonyl (C=O) groups is 2. The van der Waals surface area contributed by atoms with Crippen molar-refractivity contribution in [3.05, 3.63) is 81.4 Å². The van der Waals surface area contributed by atoms with Crippen molar-refractivity contribution in [2.75, 3.05) is 7.05 Å². The highest BCUT2D eigenvalue weighted by atomic mass is 35.5. The first-order valence-electron chi connectivity index (χ1n) is 9.28. The summed E-state index contributed by atoms with van der Waals surface area (Å²) in [5.74, 6) is -0.0250. The smallest absolute Gasteiger partial charge is 0.335 e. The third kappa shape index (κ3) is 4.42. The molecule has 0 bridgehead atoms. The summed E-state index contributed by atoms with van der Waals surface area (Å²) in [4.78, 5) is 30.3. The van der Waals surface area contributed by atoms with Crippen molar-refractivity contribution in [3.63, 3.8) is 0 Å². The third-order valence-electron chi connectivity index (χ3n) is 4.69. The van der Waals surface area contributed by atoms with Gasteiger partial charge in [0.15, 0.2) is 5.17 Å². The van der Waals surface area contributed by atoms with Gasteiger partial charge in [0.2, 0.25) is 0 Å². The first kappa shape index (κ1) is 21.0. The molecule has 156 valence electrons. The van der Waals surface area contributed by atoms with Gasteiger partial charge in [0, 0.05) is 23.7 Å². The largest absolute Gasteiger partial charge is 0.478 e. The Balaban J connectivity index is 1.58. The van der Waals surface area contributed by atoms with Crippen LogP contribution in [0.1, 0.15) is 21.7 Å². The molecule has 1 saturated heterocycles. The molecule has 3 aromatic rings. The number of aliphatic imine (C=N–C) groups is 1. The molecule has 0 spiro atoms. The van der Waals surface area contributed by atoms with E-state index in [1.165, 1.54) is 22.7 Å². The second kappa shape index (κ2) is 8.45. The number of carboxylic acid groups (broad SMARTS) is 1. The SMILES string of the molecule is Cc1cc(C(=O)O)ccc1-c1ccc(/C=C2\SC(=Nc3ccc(Cl)cc3)N(C)C2=O)o1. The zero-order valence-electron chi connectivity index (χ0n) is 16.6. The van der Waals surface area contributed by atoms with Crippen LogP contribution in [0.2, 0.25) is 5.02 Å². The molecule has 1 N–H and O–H groups in total. The quantitative estimate of drug-likeness (QED) is 0.503. The maximum Gasteiger partial charge on any atom is 0.335 e. The van der Waals surface area contributed by atoms with Crippen LogP contribution < -0.4 is 0 Å². The van der Waals surface area contributed by atoms with Crippen LogP contribution >= 0.6 is 23.4 Å². The van der Waals surface area contributed by atoms with E-state index in [0.29, 0.717) is 32.3 Å². The first-order chi connectivity index (χ1) is 14.8. The molecule has 0 aliphatic carbocycles. The number of halogens is 1. The van der Waals surface area contributed by atoms with E-state index in [4.69, 9.17) is 21.1 Å². The van der Waals surface area contributed by atoms with E-state index in [1.54, 1.807) is 61.7 Å². The monoisotopic (exact) mass is 452 g/mol. The number of rotatable bonds is 4. The molecule has 0 unspecified atom stereocenters. The van der Waals surface area contributed by atoms with Gasteiger partial charge in [-0.3, -0.25) is 9.69 Å². The highest BCUT2D eigenvalue weighted by Crippen LogP contribution is 2.34. The fraction of sp³-hybridized carbons (Fsp3) is 0.0870. The predicted molar refractivity (Wildman–Crippen MR) is 123 cm³/mol. The fourth-order valence-electron chi connectivity index (χ4n) is 3.06. The van der Waals surface area contributed by atoms with Gasteiger partial charge in [0.05, 0.1) is 16.2 Å². The highest BCUT2D eigenvalue weighted by molar-refractivity contribution is 8.18. The number of aromatic carboxylic acids is 1. The number of benzene rings is 2. The van der Waals surface area contributed by atoms with Gasteiger partial charge in [-0.25, -0.2) is 9.79 Å². The molecule has 6 nitrogen and oxygen atoms in total. The van der Waals surface area contributed by atoms with Crippen molar-refractivity contribution in [1.82, 2.24) is 4.90 Å². The molecule has 0 saturated carbocycles. The van der Waals surface area contributed by atoms with E-state index < -0.39 is 5.97 Å². The van der Waals surface area contributed by atoms with E-state index in [-0.39, 0.29) is 11.5 Å². The summed E-state index contributed by atoms with van der Waals surface area (Å²) >= 11 is 7.17. The van der Waals surface area contributed by atoms with Crippen LogP contribution in [0.3, 0.4) is 0 Å². The molecule has 1 fully saturated rings. The molecule has 1 amide bonds. The standard InChI is InChI=1S/C23H17ClN2O4S/c1-13-11-14(22(28)29)3-9-18(13)19-10-8-17(30-19)12-20-21(27)26(2)23(31-20)25-16-6-4-15(24)5-7-16/h3-12H,1-2H3,(H,28,29)/b20-12-,25-23?. The Kier molecular flexibility index (Phi) is 5.71. The molecule has 1 aromatic heterocycles. The molecule has 31 heavy (non-hydrogen) atoms. The number of furan rings is 1. The van der Waals surface area contributed by atoms with Gasteiger partial charge in [-0.05, 0) is 72.8 Å². The van der Waals surface area contributed by atoms with Crippen molar-refractivity contribution in [2.45, 2.75) is 6.92 Å². The van der Waals surface area contributed by atoms with Crippen molar-refractivity contribution < 1.29 is 19.1 Å². The van der Waals surface area contributed by atoms with E-state index in [9.17, 15) is 9.59 Å². The third-order valence-corrected chi connectivity index (χ3v) is 6.01. The summed E-state index contributed by atoms with van der Waals surface area (Å²) in [6.45, 7) is 1.83. The number of hydrogen-bond donors (Lipinski definition) is 1. The normalized spacial score (nSPS) is 16.5. The Morgan fingerprint density at radius 3 is 2.58 bits per heavy atom. The van der Waals surface area contributed by atoms with E-state index in [0.717, 1.165) is 11.1 Å². The molecule has 0 atom stereocenters. The maximum absolute atomic E-state index is 12.6. The summed E-state index contributed by atoms with van der Waals surface area (Å²) in [5, 5.41) is 10.3. The zero-order valence-corrected chi connectivity index (χ0v) is 18.2. The molecule has 0 radical (unpaired) electrons. The molecule has 8 heteroatoms. The van der Waals surface area contributed by atoms with Crippen LogP contribution in [-0.4, -0.2) is 34.1 Å². The number of carbonyl (C=O) groups excluding carboxylic acids is 1. The zero-order chi connectivity index (χ0) is 22.1. The molecule has 1 aliphatic rings. The minimum atomic E-state index is -0.975. The number of nitrogens with zero attached hydrogens (tertiary/aromatic N) is 2. The van der Waals surface area contributed by atoms with Crippen LogP contribution in [0, 0.1) is 6.92 Å². The van der Waals surface area contributed by atoms with Gasteiger partial charge in [-0.15, -0.1) is 0 Å². The Bertz CT molecular complexity index is 1240. The number of amidine groups is 1. The van der Waals surface area contributed by atoms with Gasteiger partial charge >= 0.3 is 5.97 Å². The Labute approximate surface area is 187 Å². The number of amides is 1. The van der Waals surface area contributed by atoms with Crippen molar-refractivity contribution in [2.24, 2.45) is 4.99 Å². The average molecular weight is 453 g/mol. The average Bonchev–Trinajstić information content (AvgIpc) is 3.30. The van der Waals surface area contributed by atoms with Gasteiger partial charge in [0.1, 0.15) is 11.5 Å². The number of aryl methyl sites for hydroxylation is 1. The molecular formula is C23H17ClN2O4S. The predicted octanol–water partition coefficient (Wildman–Crippen LogP) is 5.84. The second-order valence-electron chi connectivity index (χ2n) is 6.88. The lowest BCUT2D eigenvalue weighted by Gasteiger charge is -2.06. The maximum atomic E-state index is 12.6. The van der Waals surface area contributed by atoms with Crippen LogP contribution in [0.25, 0.3) is 17.4 Å². The molecule has 4 rings (SSSR count). The minimum Gasteiger partial charge on any atom is -0.478 e. The first-order valence-corrected chi connectivity index (χ1v) is 10.5. The summed E-state index contributed by atoms with van der Waals surface area (Å²) in [6.07, 6.45) is 1.68. The van der Waals surface area contributed by atoms with Crippen molar-refractivity contribution in [1.29, 1.82) is 0 Å². The molecular weight excluding hydrogens is 436 g/mol. The number of thioether (sulfide) groups is 1. The minimum absolute atomic E-state index is 0.169. The molecule has 2 aromatic carbocycles. The lowest BCUT2D eigenvalue weighted by atomic mass is 10.0. The van der Waals surface area contributed by atoms with Crippen LogP contribution in [0.5, 0.6) is 0 Å². The van der Waals surface area contributed by atoms with Gasteiger partial charge < -0.3 is 9.52 Å². The van der Waals surface area contributed by atoms with E-state index in [1.807, 2.05) is 6.92 Å². The van der Waals surface area contributed by atoms with Crippen LogP contribution in [0.4, 0.5) is 5.69 Å². The number of likely N-dealkylation sites (N-methyl/N-ethyl adjacent to an activating group) is 1. The number of hydrogen-bond acceptors (Lipinski definition) is 5. The van der Waals surface area contributed by atoms with Gasteiger partial charge in [0.25, 0.3) is 5.91 Å². The fourth-order valence-corrected chi connectivity index (χ4v) is 4.15. The van der Waals surface area contributed by atoms with Gasteiger partial charge in [-0.1, -0.05) is 17.7 Å². The van der Waals surface area contributed by atoms with Crippen molar-refractivity contribution >= 4 is 52.2 Å². The van der Waals surface area contributed by atoms with Gasteiger partial charge in [-0.2, -0.15) is 0 Å². The summed E-state index contributed by atoms with van der Waals surface area (Å²) in [5.41, 5.74) is 2.51. The summed E-state index contributed by atoms with van der Waals surface area (Å²) in [7, 11) is 1.67. The van der Waals surface area contributed by atoms with E-state index >= 15 is 0 Å². The molecule has 2 heterocycles. The number of carboxylic acids is 1. The second-order valence-corrected chi connectivity index (χ2v) is 8.33. The van der Waals surface area contributed by atoms with Crippen LogP contribution in [-0.2, 0) is 4.79 Å². The van der Waals surface area contributed by atoms with Crippen LogP contribution in [0.15, 0.2) is 68.9 Å². The van der Waals surface area contributed by atoms with E-state index in [2.05, 4.69) is 4.99 Å². The topological polar surface area (TPSA) is 83.1 Å². The Hall–Kier alpha value is -3.29.